The number of pyridine rings is 1. The minimum Gasteiger partial charge on any atom is -0.387 e. The third kappa shape index (κ3) is 25.0. The summed E-state index contributed by atoms with van der Waals surface area (Å²) in [6.45, 7) is 13.3. The van der Waals surface area contributed by atoms with Gasteiger partial charge < -0.3 is 74.3 Å². The number of nitrogens with one attached hydrogen (secondary N) is 4. The van der Waals surface area contributed by atoms with Crippen LogP contribution in [0.25, 0.3) is 11.8 Å². The molecule has 0 aromatic carbocycles. The highest BCUT2D eigenvalue weighted by Gasteiger charge is 2.26. The van der Waals surface area contributed by atoms with E-state index in [1.54, 1.807) is 29.5 Å². The smallest absolute Gasteiger partial charge is 0.269 e. The summed E-state index contributed by atoms with van der Waals surface area (Å²) in [5.41, 5.74) is 15.7. The molecule has 1 aromatic heterocycles. The van der Waals surface area contributed by atoms with Crippen LogP contribution < -0.4 is 27.2 Å². The molecular weight excluding hydrogens is 959 g/mol. The summed E-state index contributed by atoms with van der Waals surface area (Å²) in [6.07, 6.45) is 9.26. The van der Waals surface area contributed by atoms with E-state index >= 15 is 0 Å². The predicted molar refractivity (Wildman–Crippen MR) is 265 cm³/mol. The number of aliphatic imine (C=N–C) groups is 1. The lowest BCUT2D eigenvalue weighted by Crippen LogP contribution is -2.41. The van der Waals surface area contributed by atoms with Crippen LogP contribution in [0, 0.1) is 0 Å². The van der Waals surface area contributed by atoms with Crippen molar-refractivity contribution in [3.8, 4) is 0 Å². The van der Waals surface area contributed by atoms with Gasteiger partial charge in [-0.1, -0.05) is 6.92 Å². The van der Waals surface area contributed by atoms with E-state index in [2.05, 4.69) is 31.5 Å². The minimum atomic E-state index is -0.988. The predicted octanol–water partition coefficient (Wildman–Crippen LogP) is -0.505. The summed E-state index contributed by atoms with van der Waals surface area (Å²) in [4.78, 5) is 63.1. The van der Waals surface area contributed by atoms with Crippen LogP contribution in [0.4, 0.5) is 5.69 Å². The molecule has 4 rings (SSSR count). The molecule has 25 heteroatoms. The molecule has 3 aliphatic rings. The van der Waals surface area contributed by atoms with Crippen molar-refractivity contribution in [3.63, 3.8) is 0 Å². The molecule has 0 saturated carbocycles. The van der Waals surface area contributed by atoms with Crippen LogP contribution in [0.2, 0.25) is 0 Å². The molecule has 0 spiro atoms. The molecule has 0 radical (unpaired) electrons. The Hall–Kier alpha value is -5.26. The second-order valence-electron chi connectivity index (χ2n) is 15.8. The number of aliphatic hydroxyl groups excluding tert-OH is 1. The van der Waals surface area contributed by atoms with E-state index in [-0.39, 0.29) is 32.0 Å². The number of aliphatic hydroxyl groups is 1. The molecule has 1 aromatic rings. The number of carbonyl (C=O) groups excluding carboxylic acids is 4. The summed E-state index contributed by atoms with van der Waals surface area (Å²) in [6, 6.07) is 1.84. The van der Waals surface area contributed by atoms with E-state index in [1.165, 1.54) is 0 Å². The molecule has 1 unspecified atom stereocenters. The van der Waals surface area contributed by atoms with Gasteiger partial charge in [0.05, 0.1) is 156 Å². The van der Waals surface area contributed by atoms with Crippen LogP contribution >= 0.6 is 0 Å². The number of ether oxygens (including phenoxy) is 10. The molecule has 408 valence electrons. The number of carbonyl (C=O) groups is 4. The number of hydrogen-bond acceptors (Lipinski definition) is 22. The number of hydrazine groups is 1. The lowest BCUT2D eigenvalue weighted by atomic mass is 10.1. The number of amides is 4. The first-order valence-corrected chi connectivity index (χ1v) is 24.6. The number of aromatic nitrogens is 1. The first kappa shape index (κ1) is 60.3. The number of hydroxylamine groups is 2. The van der Waals surface area contributed by atoms with Crippen molar-refractivity contribution in [1.82, 2.24) is 36.4 Å². The number of imide groups is 1. The van der Waals surface area contributed by atoms with Crippen LogP contribution in [-0.4, -0.2) is 221 Å². The van der Waals surface area contributed by atoms with Crippen molar-refractivity contribution in [2.24, 2.45) is 10.7 Å². The topological polar surface area (TPSA) is 296 Å². The maximum atomic E-state index is 12.7. The van der Waals surface area contributed by atoms with E-state index < -0.39 is 23.9 Å². The highest BCUT2D eigenvalue weighted by Crippen LogP contribution is 2.29. The zero-order valence-electron chi connectivity index (χ0n) is 42.1. The van der Waals surface area contributed by atoms with E-state index in [4.69, 9.17) is 57.9 Å². The van der Waals surface area contributed by atoms with Gasteiger partial charge in [-0.3, -0.25) is 39.3 Å². The maximum Gasteiger partial charge on any atom is 0.269 e. The molecule has 25 nitrogen and oxygen atoms in total. The van der Waals surface area contributed by atoms with Gasteiger partial charge in [-0.05, 0) is 43.2 Å². The van der Waals surface area contributed by atoms with Crippen LogP contribution in [-0.2, 0) is 71.4 Å². The lowest BCUT2D eigenvalue weighted by molar-refractivity contribution is -0.223. The Morgan fingerprint density at radius 2 is 1.19 bits per heavy atom. The largest absolute Gasteiger partial charge is 0.387 e. The minimum absolute atomic E-state index is 0.253. The molecule has 0 fully saturated rings. The summed E-state index contributed by atoms with van der Waals surface area (Å²) in [7, 11) is 0. The number of fused-ring (bicyclic) bond motifs is 1. The Labute approximate surface area is 426 Å². The molecule has 4 amide bonds. The fraction of sp³-hybridized carbons (Fsp3) is 0.625. The van der Waals surface area contributed by atoms with Gasteiger partial charge in [-0.2, -0.15) is 5.06 Å². The van der Waals surface area contributed by atoms with E-state index in [1.807, 2.05) is 19.9 Å². The number of rotatable bonds is 43. The van der Waals surface area contributed by atoms with Crippen molar-refractivity contribution in [3.05, 3.63) is 59.1 Å². The number of nitrogens with two attached hydrogens (primary N) is 1. The zero-order valence-corrected chi connectivity index (χ0v) is 42.1. The second-order valence-corrected chi connectivity index (χ2v) is 15.8. The molecule has 0 bridgehead atoms. The van der Waals surface area contributed by atoms with Gasteiger partial charge in [0.25, 0.3) is 17.7 Å². The van der Waals surface area contributed by atoms with Crippen molar-refractivity contribution in [2.75, 3.05) is 165 Å². The maximum absolute atomic E-state index is 12.7. The average Bonchev–Trinajstić information content (AvgIpc) is 3.59. The van der Waals surface area contributed by atoms with Gasteiger partial charge in [0, 0.05) is 50.0 Å². The molecule has 0 saturated heterocycles. The van der Waals surface area contributed by atoms with Gasteiger partial charge in [0.1, 0.15) is 18.1 Å². The molecule has 1 atom stereocenters. The molecule has 0 aliphatic carbocycles. The van der Waals surface area contributed by atoms with E-state index in [0.717, 1.165) is 29.0 Å². The van der Waals surface area contributed by atoms with Crippen molar-refractivity contribution in [1.29, 1.82) is 0 Å². The number of nitrogens with zero attached hydrogens (tertiary/aromatic N) is 4. The van der Waals surface area contributed by atoms with Crippen LogP contribution in [0.5, 0.6) is 0 Å². The molecular formula is C48H75N9O16. The number of hydrogen-bond donors (Lipinski definition) is 6. The third-order valence-electron chi connectivity index (χ3n) is 10.2. The summed E-state index contributed by atoms with van der Waals surface area (Å²) in [5, 5.41) is 18.0. The molecule has 3 aliphatic heterocycles. The van der Waals surface area contributed by atoms with Gasteiger partial charge >= 0.3 is 0 Å². The van der Waals surface area contributed by atoms with E-state index in [0.29, 0.717) is 179 Å². The van der Waals surface area contributed by atoms with Gasteiger partial charge in [-0.15, -0.1) is 0 Å². The Kier molecular flexibility index (Phi) is 30.9. The van der Waals surface area contributed by atoms with Crippen molar-refractivity contribution >= 4 is 46.9 Å². The fourth-order valence-corrected chi connectivity index (χ4v) is 6.58. The zero-order chi connectivity index (χ0) is 52.1. The highest BCUT2D eigenvalue weighted by atomic mass is 16.7. The van der Waals surface area contributed by atoms with Gasteiger partial charge in [0.15, 0.2) is 6.23 Å². The lowest BCUT2D eigenvalue weighted by Gasteiger charge is -2.27. The van der Waals surface area contributed by atoms with Crippen LogP contribution in [0.1, 0.15) is 37.9 Å². The summed E-state index contributed by atoms with van der Waals surface area (Å²) in [5.74, 6) is -1.39. The standard InChI is InChI=1S/C48H75N9O16/c1-3-11-57(73-4-2)48(62)37-32-41-42(53-43(49)34-37)33-38(35-52-41)39-5-6-40(55-54-39)47(61)51-10-13-64-15-17-66-19-21-68-23-25-70-27-29-72-31-30-71-28-26-69-24-22-67-20-18-65-16-14-63-12-9-50-44(58)36-56-45(59)7-8-46(56)60/h5-8,32-33,35,48,54-55,62H,3-4,9-31,34,36H2,1-2H3,(H2,49,53)(H,50,58)(H,51,61). The normalized spacial score (nSPS) is 14.8. The van der Waals surface area contributed by atoms with Crippen LogP contribution in [0.3, 0.4) is 0 Å². The summed E-state index contributed by atoms with van der Waals surface area (Å²) >= 11 is 0. The molecule has 73 heavy (non-hydrogen) atoms. The fourth-order valence-electron chi connectivity index (χ4n) is 6.58. The Morgan fingerprint density at radius 1 is 0.712 bits per heavy atom. The Balaban J connectivity index is 0.852. The van der Waals surface area contributed by atoms with Crippen molar-refractivity contribution in [2.45, 2.75) is 32.9 Å². The van der Waals surface area contributed by atoms with E-state index in [9.17, 15) is 24.3 Å². The quantitative estimate of drug-likeness (QED) is 0.0208. The Morgan fingerprint density at radius 3 is 1.64 bits per heavy atom. The van der Waals surface area contributed by atoms with Crippen LogP contribution in [0.15, 0.2) is 52.8 Å². The SMILES string of the molecule is CCCN(OCC)C(O)C1=Cc2ncc(C3=CC=C(C(=O)NCCOCCOCCOCCOCCOCCOCCOCCOCCOCCOCCNC(=O)CN4C(=O)C=CC4=O)NN3)cc2N=C(N)C1. The van der Waals surface area contributed by atoms with Gasteiger partial charge in [0.2, 0.25) is 5.91 Å². The summed E-state index contributed by atoms with van der Waals surface area (Å²) < 4.78 is 54.9. The number of allylic oxidation sites excluding steroid dienone is 2. The first-order valence-electron chi connectivity index (χ1n) is 24.6. The first-order chi connectivity index (χ1) is 35.7. The van der Waals surface area contributed by atoms with Gasteiger partial charge in [-0.25, -0.2) is 4.99 Å². The highest BCUT2D eigenvalue weighted by molar-refractivity contribution is 6.14. The van der Waals surface area contributed by atoms with Crippen molar-refractivity contribution < 1.29 is 76.5 Å². The Bertz CT molecular complexity index is 1950. The molecule has 7 N–H and O–H groups in total. The monoisotopic (exact) mass is 1030 g/mol. The third-order valence-corrected chi connectivity index (χ3v) is 10.2. The molecule has 4 heterocycles. The second kappa shape index (κ2) is 37.5. The number of amidine groups is 1. The average molecular weight is 1030 g/mol.